The monoisotopic (exact) mass is 398 g/mol. The Bertz CT molecular complexity index is 596. The average molecular weight is 398 g/mol. The molecule has 0 radical (unpaired) electrons. The number of hydrogen-bond acceptors (Lipinski definition) is 2. The maximum Gasteiger partial charge on any atom is 0.460 e. The van der Waals surface area contributed by atoms with Gasteiger partial charge in [0.05, 0.1) is 6.61 Å². The normalized spacial score (nSPS) is 14.7. The lowest BCUT2D eigenvalue weighted by atomic mass is 10.0. The molecule has 1 aromatic rings. The lowest BCUT2D eigenvalue weighted by Gasteiger charge is -2.32. The van der Waals surface area contributed by atoms with E-state index in [1.807, 2.05) is 0 Å². The lowest BCUT2D eigenvalue weighted by molar-refractivity contribution is -0.388. The van der Waals surface area contributed by atoms with Gasteiger partial charge in [0.25, 0.3) is 0 Å². The topological polar surface area (TPSA) is 20.2 Å². The zero-order valence-corrected chi connectivity index (χ0v) is 13.0. The van der Waals surface area contributed by atoms with E-state index in [1.165, 1.54) is 30.3 Å². The number of halogens is 9. The van der Waals surface area contributed by atoms with E-state index >= 15 is 0 Å². The summed E-state index contributed by atoms with van der Waals surface area (Å²) in [6.07, 6.45) is -7.50. The number of alkyl halides is 9. The predicted octanol–water partition coefficient (Wildman–Crippen LogP) is 5.22. The number of aliphatic hydroxyl groups excluding tert-OH is 1. The Labute approximate surface area is 140 Å². The van der Waals surface area contributed by atoms with Gasteiger partial charge in [0.2, 0.25) is 0 Å². The van der Waals surface area contributed by atoms with Crippen LogP contribution in [0.25, 0.3) is 4.91 Å². The summed E-state index contributed by atoms with van der Waals surface area (Å²) in [5.41, 5.74) is -0.105. The van der Waals surface area contributed by atoms with Crippen LogP contribution in [0.2, 0.25) is 0 Å². The maximum absolute atomic E-state index is 13.7. The van der Waals surface area contributed by atoms with Crippen LogP contribution < -0.4 is 0 Å². The van der Waals surface area contributed by atoms with E-state index in [1.54, 1.807) is 0 Å². The lowest BCUT2D eigenvalue weighted by Crippen LogP contribution is -2.60. The highest BCUT2D eigenvalue weighted by Crippen LogP contribution is 2.54. The van der Waals surface area contributed by atoms with Crippen molar-refractivity contribution in [2.75, 3.05) is 12.4 Å². The Morgan fingerprint density at radius 1 is 0.880 bits per heavy atom. The molecule has 0 atom stereocenters. The van der Waals surface area contributed by atoms with Gasteiger partial charge in [-0.3, -0.25) is 0 Å². The molecule has 0 bridgehead atoms. The van der Waals surface area contributed by atoms with E-state index in [9.17, 15) is 39.5 Å². The number of aliphatic hydroxyl groups is 1. The van der Waals surface area contributed by atoms with Crippen LogP contribution in [0.5, 0.6) is 0 Å². The predicted molar refractivity (Wildman–Crippen MR) is 74.9 cm³/mol. The fraction of sp³-hybridized carbons (Fsp3) is 0.429. The number of hydrogen-bond donors (Lipinski definition) is 1. The fourth-order valence-electron chi connectivity index (χ4n) is 1.61. The van der Waals surface area contributed by atoms with Crippen molar-refractivity contribution in [3.8, 4) is 0 Å². The van der Waals surface area contributed by atoms with Gasteiger partial charge in [-0.05, 0) is 5.56 Å². The molecule has 0 aliphatic rings. The van der Waals surface area contributed by atoms with Gasteiger partial charge in [-0.15, -0.1) is 11.8 Å². The van der Waals surface area contributed by atoms with Crippen molar-refractivity contribution in [3.05, 3.63) is 42.0 Å². The first-order valence-electron chi connectivity index (χ1n) is 6.50. The molecule has 0 aromatic heterocycles. The number of thioether (sulfide) groups is 1. The Hall–Kier alpha value is -1.36. The highest BCUT2D eigenvalue weighted by atomic mass is 32.2. The fourth-order valence-corrected chi connectivity index (χ4v) is 2.45. The van der Waals surface area contributed by atoms with E-state index in [-0.39, 0.29) is 11.3 Å². The molecule has 1 aromatic carbocycles. The van der Waals surface area contributed by atoms with Crippen LogP contribution in [0.3, 0.4) is 0 Å². The van der Waals surface area contributed by atoms with Gasteiger partial charge < -0.3 is 5.11 Å². The second-order valence-corrected chi connectivity index (χ2v) is 5.85. The van der Waals surface area contributed by atoms with Crippen LogP contribution in [0.4, 0.5) is 39.5 Å². The molecule has 1 N–H and O–H groups in total. The zero-order valence-electron chi connectivity index (χ0n) is 12.1. The molecular formula is C14H11F9OS. The van der Waals surface area contributed by atoms with Gasteiger partial charge in [0.1, 0.15) is 0 Å². The summed E-state index contributed by atoms with van der Waals surface area (Å²) >= 11 is 0.407. The van der Waals surface area contributed by atoms with Crippen molar-refractivity contribution in [2.45, 2.75) is 23.9 Å². The highest BCUT2D eigenvalue weighted by Gasteiger charge is 2.81. The van der Waals surface area contributed by atoms with Crippen molar-refractivity contribution in [3.63, 3.8) is 0 Å². The quantitative estimate of drug-likeness (QED) is 0.636. The van der Waals surface area contributed by atoms with Crippen molar-refractivity contribution in [1.82, 2.24) is 0 Å². The Kier molecular flexibility index (Phi) is 6.49. The number of benzene rings is 1. The minimum absolute atomic E-state index is 0.105. The Balaban J connectivity index is 3.38. The molecule has 0 fully saturated rings. The van der Waals surface area contributed by atoms with Gasteiger partial charge in [-0.1, -0.05) is 30.3 Å². The third kappa shape index (κ3) is 4.43. The highest BCUT2D eigenvalue weighted by molar-refractivity contribution is 8.08. The van der Waals surface area contributed by atoms with Gasteiger partial charge in [0.15, 0.2) is 0 Å². The van der Waals surface area contributed by atoms with Crippen LogP contribution in [0.15, 0.2) is 36.4 Å². The van der Waals surface area contributed by atoms with Gasteiger partial charge in [-0.2, -0.15) is 39.5 Å². The number of allylic oxidation sites excluding steroid dienone is 1. The largest absolute Gasteiger partial charge is 0.460 e. The first-order valence-corrected chi connectivity index (χ1v) is 7.48. The molecule has 1 rings (SSSR count). The zero-order chi connectivity index (χ0) is 19.5. The summed E-state index contributed by atoms with van der Waals surface area (Å²) in [6.45, 7) is -0.560. The SMILES string of the molecule is OCCS/C(=C/C(F)(F)C(F)(F)C(F)(F)C(F)(F)F)c1ccccc1. The van der Waals surface area contributed by atoms with Gasteiger partial charge in [-0.25, -0.2) is 0 Å². The summed E-state index contributed by atoms with van der Waals surface area (Å²) in [4.78, 5) is -0.669. The summed E-state index contributed by atoms with van der Waals surface area (Å²) in [7, 11) is 0. The molecule has 1 nitrogen and oxygen atoms in total. The molecule has 11 heteroatoms. The van der Waals surface area contributed by atoms with Crippen LogP contribution in [0.1, 0.15) is 5.56 Å². The molecule has 0 saturated carbocycles. The third-order valence-corrected chi connectivity index (χ3v) is 3.94. The first-order chi connectivity index (χ1) is 11.3. The number of rotatable bonds is 7. The minimum Gasteiger partial charge on any atom is -0.396 e. The van der Waals surface area contributed by atoms with Crippen LogP contribution in [-0.2, 0) is 0 Å². The second-order valence-electron chi connectivity index (χ2n) is 4.72. The van der Waals surface area contributed by atoms with Crippen LogP contribution >= 0.6 is 11.8 Å². The van der Waals surface area contributed by atoms with E-state index in [0.717, 1.165) is 0 Å². The Morgan fingerprint density at radius 3 is 1.84 bits per heavy atom. The summed E-state index contributed by atoms with van der Waals surface area (Å²) in [6, 6.07) is 6.44. The molecule has 0 spiro atoms. The molecule has 0 aliphatic carbocycles. The van der Waals surface area contributed by atoms with E-state index in [4.69, 9.17) is 5.11 Å². The van der Waals surface area contributed by atoms with E-state index in [2.05, 4.69) is 0 Å². The maximum atomic E-state index is 13.7. The standard InChI is InChI=1S/C14H11F9OS/c15-11(16,12(17,18)13(19,20)14(21,22)23)8-10(25-7-6-24)9-4-2-1-3-5-9/h1-5,8,24H,6-7H2/b10-8+. The molecule has 0 amide bonds. The molecule has 0 aliphatic heterocycles. The molecular weight excluding hydrogens is 387 g/mol. The second kappa shape index (κ2) is 7.48. The van der Waals surface area contributed by atoms with Crippen LogP contribution in [0, 0.1) is 0 Å². The summed E-state index contributed by atoms with van der Waals surface area (Å²) in [5.74, 6) is -19.7. The molecule has 0 unspecified atom stereocenters. The van der Waals surface area contributed by atoms with Crippen molar-refractivity contribution in [1.29, 1.82) is 0 Å². The van der Waals surface area contributed by atoms with E-state index in [0.29, 0.717) is 11.8 Å². The van der Waals surface area contributed by atoms with Crippen LogP contribution in [-0.4, -0.2) is 41.4 Å². The molecule has 142 valence electrons. The van der Waals surface area contributed by atoms with E-state index < -0.39 is 41.5 Å². The average Bonchev–Trinajstić information content (AvgIpc) is 2.50. The third-order valence-electron chi connectivity index (χ3n) is 2.89. The summed E-state index contributed by atoms with van der Waals surface area (Å²) in [5, 5.41) is 8.70. The van der Waals surface area contributed by atoms with Gasteiger partial charge in [0, 0.05) is 16.7 Å². The van der Waals surface area contributed by atoms with Crippen molar-refractivity contribution in [2.24, 2.45) is 0 Å². The van der Waals surface area contributed by atoms with Crippen molar-refractivity contribution < 1.29 is 44.6 Å². The smallest absolute Gasteiger partial charge is 0.396 e. The molecule has 25 heavy (non-hydrogen) atoms. The molecule has 0 heterocycles. The summed E-state index contributed by atoms with van der Waals surface area (Å²) < 4.78 is 116. The first kappa shape index (κ1) is 21.7. The minimum atomic E-state index is -6.94. The van der Waals surface area contributed by atoms with Crippen molar-refractivity contribution >= 4 is 16.7 Å². The molecule has 0 saturated heterocycles. The Morgan fingerprint density at radius 2 is 1.40 bits per heavy atom. The van der Waals surface area contributed by atoms with Gasteiger partial charge >= 0.3 is 23.9 Å².